The maximum atomic E-state index is 10.7. The first kappa shape index (κ1) is 34.3. The third kappa shape index (κ3) is 11.4. The largest absolute Gasteiger partial charge is 0.481 e. The van der Waals surface area contributed by atoms with Crippen molar-refractivity contribution in [3.05, 3.63) is 95.0 Å². The van der Waals surface area contributed by atoms with Crippen LogP contribution < -0.4 is 9.47 Å². The number of anilines is 1. The first-order valence-electron chi connectivity index (χ1n) is 16.1. The number of aryl methyl sites for hydroxylation is 1. The van der Waals surface area contributed by atoms with Gasteiger partial charge in [-0.05, 0) is 50.0 Å². The number of rotatable bonds is 20. The van der Waals surface area contributed by atoms with Gasteiger partial charge in [-0.15, -0.1) is 0 Å². The number of aliphatic carboxylic acids is 2. The zero-order chi connectivity index (χ0) is 31.7. The van der Waals surface area contributed by atoms with E-state index in [1.165, 1.54) is 30.8 Å². The Kier molecular flexibility index (Phi) is 14.5. The topological polar surface area (TPSA) is 81.7 Å². The van der Waals surface area contributed by atoms with E-state index in [0.29, 0.717) is 0 Å². The number of para-hydroxylation sites is 2. The van der Waals surface area contributed by atoms with Gasteiger partial charge in [0.25, 0.3) is 5.01 Å². The standard InChI is InChI=1S/C37H44N2O4S2/c40-36(41)26-12-6-2-8-18-28-38-30-20-14-16-22-32(30)44-34(38)24-10-4-1-5-11-25-35-39(31-21-15-17-23-33(31)45-35)29-19-9-3-7-13-27-37(42)43/h1,4-5,10-11,14-17,20-25H,2-3,6-9,12-13,18-19,26-29H2,(H-,40,41,42,43)/p+1. The number of carboxylic acid groups (broad SMARTS) is 2. The van der Waals surface area contributed by atoms with Crippen LogP contribution in [0.2, 0.25) is 0 Å². The van der Waals surface area contributed by atoms with Gasteiger partial charge in [0.15, 0.2) is 6.54 Å². The van der Waals surface area contributed by atoms with Gasteiger partial charge in [0, 0.05) is 42.8 Å². The molecule has 0 radical (unpaired) electrons. The minimum atomic E-state index is -0.704. The second kappa shape index (κ2) is 19.0. The van der Waals surface area contributed by atoms with E-state index in [9.17, 15) is 9.59 Å². The van der Waals surface area contributed by atoms with Crippen LogP contribution in [0.15, 0.2) is 94.9 Å². The van der Waals surface area contributed by atoms with Crippen molar-refractivity contribution in [2.45, 2.75) is 88.5 Å². The van der Waals surface area contributed by atoms with Gasteiger partial charge in [-0.25, -0.2) is 0 Å². The number of thiazole rings is 1. The summed E-state index contributed by atoms with van der Waals surface area (Å²) in [4.78, 5) is 25.1. The van der Waals surface area contributed by atoms with E-state index in [1.54, 1.807) is 0 Å². The molecule has 1 aromatic heterocycles. The molecule has 0 saturated carbocycles. The lowest BCUT2D eigenvalue weighted by atomic mass is 10.1. The van der Waals surface area contributed by atoms with Crippen LogP contribution in [0.5, 0.6) is 0 Å². The number of nitrogens with zero attached hydrogens (tertiary/aromatic N) is 2. The summed E-state index contributed by atoms with van der Waals surface area (Å²) in [5.74, 6) is -1.41. The Hall–Kier alpha value is -3.62. The summed E-state index contributed by atoms with van der Waals surface area (Å²) in [5.41, 5.74) is 2.53. The van der Waals surface area contributed by atoms with Crippen molar-refractivity contribution >= 4 is 57.0 Å². The zero-order valence-electron chi connectivity index (χ0n) is 26.0. The van der Waals surface area contributed by atoms with Crippen molar-refractivity contribution < 1.29 is 24.4 Å². The smallest absolute Gasteiger partial charge is 0.303 e. The van der Waals surface area contributed by atoms with E-state index in [1.807, 2.05) is 23.1 Å². The number of carbonyl (C=O) groups is 2. The number of fused-ring (bicyclic) bond motifs is 2. The van der Waals surface area contributed by atoms with Crippen LogP contribution in [0, 0.1) is 0 Å². The maximum Gasteiger partial charge on any atom is 0.303 e. The Morgan fingerprint density at radius 2 is 1.33 bits per heavy atom. The molecule has 2 N–H and O–H groups in total. The average molecular weight is 646 g/mol. The molecule has 2 heterocycles. The lowest BCUT2D eigenvalue weighted by Gasteiger charge is -2.20. The molecule has 238 valence electrons. The Bertz CT molecular complexity index is 1520. The van der Waals surface area contributed by atoms with Gasteiger partial charge in [0.05, 0.1) is 10.7 Å². The van der Waals surface area contributed by atoms with E-state index in [4.69, 9.17) is 10.2 Å². The predicted molar refractivity (Wildman–Crippen MR) is 188 cm³/mol. The summed E-state index contributed by atoms with van der Waals surface area (Å²) in [6, 6.07) is 17.1. The molecular weight excluding hydrogens is 601 g/mol. The third-order valence-corrected chi connectivity index (χ3v) is 10.0. The van der Waals surface area contributed by atoms with Gasteiger partial charge < -0.3 is 15.1 Å². The normalized spacial score (nSPS) is 14.1. The van der Waals surface area contributed by atoms with Crippen LogP contribution in [0.25, 0.3) is 16.3 Å². The molecule has 1 aliphatic heterocycles. The second-order valence-corrected chi connectivity index (χ2v) is 13.4. The van der Waals surface area contributed by atoms with Gasteiger partial charge >= 0.3 is 11.9 Å². The second-order valence-electron chi connectivity index (χ2n) is 11.2. The lowest BCUT2D eigenvalue weighted by molar-refractivity contribution is -0.669. The molecule has 4 rings (SSSR count). The number of hydrogen-bond donors (Lipinski definition) is 2. The molecule has 2 aromatic carbocycles. The first-order valence-corrected chi connectivity index (χ1v) is 17.8. The molecule has 0 spiro atoms. The number of aromatic nitrogens is 1. The van der Waals surface area contributed by atoms with Crippen LogP contribution in [0.4, 0.5) is 5.69 Å². The van der Waals surface area contributed by atoms with Crippen molar-refractivity contribution in [3.8, 4) is 0 Å². The van der Waals surface area contributed by atoms with E-state index in [2.05, 4.69) is 101 Å². The summed E-state index contributed by atoms with van der Waals surface area (Å²) in [6.07, 6.45) is 25.3. The fourth-order valence-electron chi connectivity index (χ4n) is 5.44. The van der Waals surface area contributed by atoms with Crippen molar-refractivity contribution in [1.29, 1.82) is 0 Å². The maximum absolute atomic E-state index is 10.7. The molecule has 8 heteroatoms. The van der Waals surface area contributed by atoms with Crippen molar-refractivity contribution in [2.24, 2.45) is 0 Å². The summed E-state index contributed by atoms with van der Waals surface area (Å²) in [6.45, 7) is 1.92. The summed E-state index contributed by atoms with van der Waals surface area (Å²) >= 11 is 3.62. The van der Waals surface area contributed by atoms with Crippen molar-refractivity contribution in [2.75, 3.05) is 11.4 Å². The van der Waals surface area contributed by atoms with E-state index in [-0.39, 0.29) is 12.8 Å². The fourth-order valence-corrected chi connectivity index (χ4v) is 7.64. The minimum Gasteiger partial charge on any atom is -0.481 e. The van der Waals surface area contributed by atoms with E-state index < -0.39 is 11.9 Å². The van der Waals surface area contributed by atoms with Crippen LogP contribution in [-0.2, 0) is 16.1 Å². The highest BCUT2D eigenvalue weighted by molar-refractivity contribution is 8.03. The van der Waals surface area contributed by atoms with Gasteiger partial charge in [0.2, 0.25) is 5.52 Å². The van der Waals surface area contributed by atoms with E-state index in [0.717, 1.165) is 77.3 Å². The van der Waals surface area contributed by atoms with Gasteiger partial charge in [-0.3, -0.25) is 9.59 Å². The number of thioether (sulfide) groups is 1. The van der Waals surface area contributed by atoms with Crippen LogP contribution in [0.3, 0.4) is 0 Å². The minimum absolute atomic E-state index is 0.268. The molecule has 0 atom stereocenters. The molecule has 1 aliphatic rings. The third-order valence-electron chi connectivity index (χ3n) is 7.74. The predicted octanol–water partition coefficient (Wildman–Crippen LogP) is 9.62. The Morgan fingerprint density at radius 1 is 0.711 bits per heavy atom. The lowest BCUT2D eigenvalue weighted by Crippen LogP contribution is -2.34. The Balaban J connectivity index is 1.29. The Morgan fingerprint density at radius 3 is 2.11 bits per heavy atom. The highest BCUT2D eigenvalue weighted by atomic mass is 32.2. The molecule has 0 aliphatic carbocycles. The molecule has 6 nitrogen and oxygen atoms in total. The highest BCUT2D eigenvalue weighted by Gasteiger charge is 2.23. The van der Waals surface area contributed by atoms with Crippen LogP contribution in [0.1, 0.15) is 82.1 Å². The van der Waals surface area contributed by atoms with Crippen LogP contribution >= 0.6 is 23.1 Å². The number of unbranched alkanes of at least 4 members (excludes halogenated alkanes) is 8. The Labute approximate surface area is 275 Å². The molecule has 0 unspecified atom stereocenters. The molecule has 0 saturated heterocycles. The molecule has 0 amide bonds. The van der Waals surface area contributed by atoms with E-state index >= 15 is 0 Å². The number of hydrogen-bond acceptors (Lipinski definition) is 5. The van der Waals surface area contributed by atoms with Gasteiger partial charge in [-0.1, -0.05) is 110 Å². The molecular formula is C37H45N2O4S2+. The summed E-state index contributed by atoms with van der Waals surface area (Å²) < 4.78 is 3.69. The van der Waals surface area contributed by atoms with Gasteiger partial charge in [-0.2, -0.15) is 4.57 Å². The van der Waals surface area contributed by atoms with Gasteiger partial charge in [0.1, 0.15) is 4.70 Å². The summed E-state index contributed by atoms with van der Waals surface area (Å²) in [5, 5.41) is 20.1. The SMILES string of the molecule is O=C(O)CCCCCCCN1C(=CC=CC=CC=Cc2sc3ccccc3[n+]2CCCCCCCC(=O)O)Sc2ccccc21. The highest BCUT2D eigenvalue weighted by Crippen LogP contribution is 2.45. The molecule has 0 fully saturated rings. The number of carboxylic acids is 2. The number of benzene rings is 2. The summed E-state index contributed by atoms with van der Waals surface area (Å²) in [7, 11) is 0. The van der Waals surface area contributed by atoms with Crippen molar-refractivity contribution in [1.82, 2.24) is 0 Å². The number of allylic oxidation sites excluding steroid dienone is 6. The molecule has 45 heavy (non-hydrogen) atoms. The molecule has 3 aromatic rings. The first-order chi connectivity index (χ1) is 22.0. The molecule has 0 bridgehead atoms. The van der Waals surface area contributed by atoms with Crippen molar-refractivity contribution in [3.63, 3.8) is 0 Å². The van der Waals surface area contributed by atoms with Crippen LogP contribution in [-0.4, -0.2) is 28.7 Å². The zero-order valence-corrected chi connectivity index (χ0v) is 27.6. The quantitative estimate of drug-likeness (QED) is 0.0724. The average Bonchev–Trinajstić information content (AvgIpc) is 3.56. The fraction of sp³-hybridized carbons (Fsp3) is 0.378. The monoisotopic (exact) mass is 645 g/mol.